The Morgan fingerprint density at radius 2 is 2.04 bits per heavy atom. The second-order valence-corrected chi connectivity index (χ2v) is 7.70. The molecular formula is C18H22ClN7OS. The molecule has 2 N–H and O–H groups in total. The van der Waals surface area contributed by atoms with Gasteiger partial charge in [-0.05, 0) is 41.6 Å². The van der Waals surface area contributed by atoms with Crippen molar-refractivity contribution in [2.24, 2.45) is 20.0 Å². The minimum Gasteiger partial charge on any atom is -0.326 e. The fourth-order valence-corrected chi connectivity index (χ4v) is 4.01. The first-order chi connectivity index (χ1) is 13.1. The van der Waals surface area contributed by atoms with E-state index in [-0.39, 0.29) is 30.2 Å². The number of aromatic nitrogens is 5. The van der Waals surface area contributed by atoms with Crippen LogP contribution in [0.1, 0.15) is 11.5 Å². The zero-order chi connectivity index (χ0) is 18.8. The minimum absolute atomic E-state index is 0. The van der Waals surface area contributed by atoms with Crippen LogP contribution in [0.15, 0.2) is 53.0 Å². The summed E-state index contributed by atoms with van der Waals surface area (Å²) in [6.45, 7) is 1.46. The summed E-state index contributed by atoms with van der Waals surface area (Å²) in [5, 5.41) is 19.4. The quantitative estimate of drug-likeness (QED) is 0.658. The highest BCUT2D eigenvalue weighted by Crippen LogP contribution is 2.30. The maximum atomic E-state index is 12.8. The fraction of sp³-hybridized carbons (Fsp3) is 0.333. The SMILES string of the molecule is Cl.Cn1cc([C@H]2CNC[C@@H]2C(=O)Nc2ccc(Sc3nncn3C)cc2)cn1. The maximum absolute atomic E-state index is 12.8. The largest absolute Gasteiger partial charge is 0.326 e. The van der Waals surface area contributed by atoms with Crippen LogP contribution in [-0.2, 0) is 18.9 Å². The van der Waals surface area contributed by atoms with E-state index in [1.807, 2.05) is 55.3 Å². The molecule has 2 atom stereocenters. The predicted molar refractivity (Wildman–Crippen MR) is 110 cm³/mol. The highest BCUT2D eigenvalue weighted by Gasteiger charge is 2.34. The summed E-state index contributed by atoms with van der Waals surface area (Å²) in [4.78, 5) is 13.8. The van der Waals surface area contributed by atoms with Gasteiger partial charge in [-0.15, -0.1) is 22.6 Å². The first-order valence-electron chi connectivity index (χ1n) is 8.72. The topological polar surface area (TPSA) is 89.7 Å². The Hall–Kier alpha value is -2.36. The minimum atomic E-state index is -0.109. The van der Waals surface area contributed by atoms with Crippen molar-refractivity contribution in [3.63, 3.8) is 0 Å². The molecule has 2 aromatic heterocycles. The van der Waals surface area contributed by atoms with Crippen molar-refractivity contribution in [1.82, 2.24) is 29.9 Å². The average Bonchev–Trinajstić information content (AvgIpc) is 3.38. The lowest BCUT2D eigenvalue weighted by atomic mass is 9.90. The van der Waals surface area contributed by atoms with E-state index in [0.29, 0.717) is 6.54 Å². The number of anilines is 1. The van der Waals surface area contributed by atoms with E-state index in [2.05, 4.69) is 25.9 Å². The molecule has 4 rings (SSSR count). The molecule has 0 unspecified atom stereocenters. The third-order valence-electron chi connectivity index (χ3n) is 4.70. The molecule has 0 saturated carbocycles. The molecule has 0 radical (unpaired) electrons. The number of carbonyl (C=O) groups is 1. The smallest absolute Gasteiger partial charge is 0.229 e. The van der Waals surface area contributed by atoms with Crippen molar-refractivity contribution in [3.05, 3.63) is 48.5 Å². The lowest BCUT2D eigenvalue weighted by Crippen LogP contribution is -2.28. The Bertz CT molecular complexity index is 940. The van der Waals surface area contributed by atoms with E-state index in [9.17, 15) is 4.79 Å². The summed E-state index contributed by atoms with van der Waals surface area (Å²) in [5.74, 6) is 0.0638. The Kier molecular flexibility index (Phi) is 6.38. The van der Waals surface area contributed by atoms with Crippen molar-refractivity contribution in [3.8, 4) is 0 Å². The molecule has 0 aliphatic carbocycles. The molecule has 1 fully saturated rings. The second kappa shape index (κ2) is 8.76. The summed E-state index contributed by atoms with van der Waals surface area (Å²) < 4.78 is 3.64. The Morgan fingerprint density at radius 1 is 1.25 bits per heavy atom. The number of aryl methyl sites for hydroxylation is 2. The van der Waals surface area contributed by atoms with E-state index in [0.717, 1.165) is 27.8 Å². The molecule has 148 valence electrons. The number of hydrogen-bond acceptors (Lipinski definition) is 6. The molecule has 0 spiro atoms. The van der Waals surface area contributed by atoms with E-state index in [1.54, 1.807) is 11.0 Å². The molecule has 28 heavy (non-hydrogen) atoms. The summed E-state index contributed by atoms with van der Waals surface area (Å²) in [7, 11) is 3.80. The number of amides is 1. The zero-order valence-corrected chi connectivity index (χ0v) is 17.2. The summed E-state index contributed by atoms with van der Waals surface area (Å²) in [5.41, 5.74) is 1.89. The van der Waals surface area contributed by atoms with Crippen LogP contribution in [0.5, 0.6) is 0 Å². The van der Waals surface area contributed by atoms with E-state index in [4.69, 9.17) is 0 Å². The Balaban J connectivity index is 0.00000225. The highest BCUT2D eigenvalue weighted by molar-refractivity contribution is 7.99. The highest BCUT2D eigenvalue weighted by atomic mass is 35.5. The van der Waals surface area contributed by atoms with Gasteiger partial charge in [0.05, 0.1) is 12.1 Å². The molecule has 1 aliphatic heterocycles. The van der Waals surface area contributed by atoms with Crippen LogP contribution in [0.2, 0.25) is 0 Å². The number of benzene rings is 1. The van der Waals surface area contributed by atoms with Gasteiger partial charge in [0.1, 0.15) is 6.33 Å². The van der Waals surface area contributed by atoms with Gasteiger partial charge in [-0.3, -0.25) is 9.48 Å². The standard InChI is InChI=1S/C18H21N7OS.ClH/c1-24-11-20-23-18(24)27-14-5-3-13(4-6-14)22-17(26)16-9-19-8-15(16)12-7-21-25(2)10-12;/h3-7,10-11,15-16,19H,8-9H2,1-2H3,(H,22,26);1H/t15-,16+;/m1./s1. The number of carbonyl (C=O) groups excluding carboxylic acids is 1. The lowest BCUT2D eigenvalue weighted by molar-refractivity contribution is -0.119. The number of nitrogens with zero attached hydrogens (tertiary/aromatic N) is 5. The molecule has 1 amide bonds. The van der Waals surface area contributed by atoms with Crippen molar-refractivity contribution < 1.29 is 4.79 Å². The molecule has 1 aliphatic rings. The molecular weight excluding hydrogens is 398 g/mol. The van der Waals surface area contributed by atoms with Crippen LogP contribution in [0.4, 0.5) is 5.69 Å². The molecule has 0 bridgehead atoms. The molecule has 1 aromatic carbocycles. The van der Waals surface area contributed by atoms with Gasteiger partial charge in [-0.1, -0.05) is 0 Å². The third-order valence-corrected chi connectivity index (χ3v) is 5.76. The van der Waals surface area contributed by atoms with Gasteiger partial charge in [-0.25, -0.2) is 0 Å². The van der Waals surface area contributed by atoms with Crippen LogP contribution in [0.25, 0.3) is 0 Å². The summed E-state index contributed by atoms with van der Waals surface area (Å²) >= 11 is 1.53. The molecule has 3 heterocycles. The van der Waals surface area contributed by atoms with Crippen LogP contribution in [0, 0.1) is 5.92 Å². The Morgan fingerprint density at radius 3 is 2.68 bits per heavy atom. The normalized spacial score (nSPS) is 18.6. The van der Waals surface area contributed by atoms with Crippen molar-refractivity contribution in [2.45, 2.75) is 16.0 Å². The van der Waals surface area contributed by atoms with Gasteiger partial charge >= 0.3 is 0 Å². The first kappa shape index (κ1) is 20.4. The Labute approximate surface area is 173 Å². The molecule has 1 saturated heterocycles. The number of nitrogens with one attached hydrogen (secondary N) is 2. The second-order valence-electron chi connectivity index (χ2n) is 6.66. The van der Waals surface area contributed by atoms with E-state index < -0.39 is 0 Å². The van der Waals surface area contributed by atoms with Crippen molar-refractivity contribution in [2.75, 3.05) is 18.4 Å². The van der Waals surface area contributed by atoms with Crippen molar-refractivity contribution >= 4 is 35.8 Å². The summed E-state index contributed by atoms with van der Waals surface area (Å²) in [6.07, 6.45) is 5.50. The van der Waals surface area contributed by atoms with E-state index >= 15 is 0 Å². The van der Waals surface area contributed by atoms with E-state index in [1.165, 1.54) is 11.8 Å². The number of hydrogen-bond donors (Lipinski definition) is 2. The van der Waals surface area contributed by atoms with Gasteiger partial charge in [-0.2, -0.15) is 5.10 Å². The van der Waals surface area contributed by atoms with Crippen LogP contribution in [0.3, 0.4) is 0 Å². The third kappa shape index (κ3) is 4.37. The van der Waals surface area contributed by atoms with Crippen molar-refractivity contribution in [1.29, 1.82) is 0 Å². The van der Waals surface area contributed by atoms with Gasteiger partial charge in [0, 0.05) is 49.9 Å². The van der Waals surface area contributed by atoms with Gasteiger partial charge in [0.2, 0.25) is 5.91 Å². The number of rotatable bonds is 5. The first-order valence-corrected chi connectivity index (χ1v) is 9.54. The lowest BCUT2D eigenvalue weighted by Gasteiger charge is -2.17. The van der Waals surface area contributed by atoms with Crippen LogP contribution < -0.4 is 10.6 Å². The van der Waals surface area contributed by atoms with Gasteiger partial charge in [0.25, 0.3) is 0 Å². The van der Waals surface area contributed by atoms with Gasteiger partial charge < -0.3 is 15.2 Å². The summed E-state index contributed by atoms with van der Waals surface area (Å²) in [6, 6.07) is 7.77. The average molecular weight is 420 g/mol. The fourth-order valence-electron chi connectivity index (χ4n) is 3.25. The van der Waals surface area contributed by atoms with Crippen LogP contribution >= 0.6 is 24.2 Å². The molecule has 10 heteroatoms. The van der Waals surface area contributed by atoms with Gasteiger partial charge in [0.15, 0.2) is 5.16 Å². The predicted octanol–water partition coefficient (Wildman–Crippen LogP) is 2.06. The maximum Gasteiger partial charge on any atom is 0.229 e. The zero-order valence-electron chi connectivity index (χ0n) is 15.6. The molecule has 3 aromatic rings. The number of halogens is 1. The molecule has 8 nitrogen and oxygen atoms in total. The van der Waals surface area contributed by atoms with Crippen LogP contribution in [-0.4, -0.2) is 43.5 Å². The monoisotopic (exact) mass is 419 g/mol.